The molecule has 1 aromatic heterocycles. The molecule has 7 heteroatoms. The Balaban J connectivity index is 1.74. The fourth-order valence-electron chi connectivity index (χ4n) is 3.25. The number of aromatic nitrogens is 2. The van der Waals surface area contributed by atoms with E-state index in [2.05, 4.69) is 15.1 Å². The molecule has 2 aromatic rings. The Labute approximate surface area is 157 Å². The minimum atomic E-state index is -0.0969. The third-order valence-corrected chi connectivity index (χ3v) is 4.99. The normalized spacial score (nSPS) is 18.3. The van der Waals surface area contributed by atoms with E-state index >= 15 is 0 Å². The van der Waals surface area contributed by atoms with E-state index in [0.29, 0.717) is 29.7 Å². The molecule has 1 fully saturated rings. The summed E-state index contributed by atoms with van der Waals surface area (Å²) in [6.07, 6.45) is 3.68. The van der Waals surface area contributed by atoms with E-state index in [1.165, 1.54) is 0 Å². The number of esters is 1. The molecule has 0 spiro atoms. The fraction of sp³-hybridized carbons (Fsp3) is 0.444. The lowest BCUT2D eigenvalue weighted by Crippen LogP contribution is -2.38. The highest BCUT2D eigenvalue weighted by Crippen LogP contribution is 2.32. The van der Waals surface area contributed by atoms with Gasteiger partial charge in [0.05, 0.1) is 29.4 Å². The largest absolute Gasteiger partial charge is 0.466 e. The summed E-state index contributed by atoms with van der Waals surface area (Å²) in [6.45, 7) is 4.63. The van der Waals surface area contributed by atoms with Crippen LogP contribution < -0.4 is 0 Å². The van der Waals surface area contributed by atoms with E-state index in [1.807, 2.05) is 25.3 Å². The van der Waals surface area contributed by atoms with Crippen LogP contribution in [0.4, 0.5) is 0 Å². The van der Waals surface area contributed by atoms with Gasteiger partial charge in [0.1, 0.15) is 0 Å². The number of carbonyl (C=O) groups is 1. The smallest absolute Gasteiger partial charge is 0.310 e. The maximum Gasteiger partial charge on any atom is 0.310 e. The second kappa shape index (κ2) is 8.21. The van der Waals surface area contributed by atoms with Gasteiger partial charge in [-0.15, -0.1) is 0 Å². The van der Waals surface area contributed by atoms with Crippen molar-refractivity contribution in [2.75, 3.05) is 19.7 Å². The van der Waals surface area contributed by atoms with E-state index < -0.39 is 0 Å². The first-order chi connectivity index (χ1) is 12.1. The van der Waals surface area contributed by atoms with Crippen molar-refractivity contribution in [2.45, 2.75) is 26.3 Å². The molecule has 0 aliphatic carbocycles. The van der Waals surface area contributed by atoms with Crippen LogP contribution in [0.1, 0.15) is 25.3 Å². The molecule has 0 saturated carbocycles. The van der Waals surface area contributed by atoms with Crippen LogP contribution in [-0.4, -0.2) is 40.8 Å². The molecule has 25 heavy (non-hydrogen) atoms. The number of rotatable bonds is 5. The van der Waals surface area contributed by atoms with Gasteiger partial charge in [0.25, 0.3) is 0 Å². The Morgan fingerprint density at radius 2 is 2.28 bits per heavy atom. The number of hydrogen-bond acceptors (Lipinski definition) is 4. The number of piperidine rings is 1. The van der Waals surface area contributed by atoms with Crippen LogP contribution in [-0.2, 0) is 16.1 Å². The van der Waals surface area contributed by atoms with Crippen molar-refractivity contribution in [3.05, 3.63) is 40.0 Å². The summed E-state index contributed by atoms with van der Waals surface area (Å²) in [5.74, 6) is -0.150. The Kier molecular flexibility index (Phi) is 5.99. The number of nitrogens with zero attached hydrogens (tertiary/aromatic N) is 2. The van der Waals surface area contributed by atoms with Gasteiger partial charge in [0, 0.05) is 29.2 Å². The summed E-state index contributed by atoms with van der Waals surface area (Å²) in [5.41, 5.74) is 2.81. The van der Waals surface area contributed by atoms with Crippen molar-refractivity contribution < 1.29 is 9.53 Å². The minimum Gasteiger partial charge on any atom is -0.466 e. The zero-order valence-corrected chi connectivity index (χ0v) is 15.6. The highest BCUT2D eigenvalue weighted by molar-refractivity contribution is 6.36. The number of H-pyrrole nitrogens is 1. The highest BCUT2D eigenvalue weighted by atomic mass is 35.5. The van der Waals surface area contributed by atoms with E-state index in [1.54, 1.807) is 6.07 Å². The number of aromatic amines is 1. The standard InChI is InChI=1S/C18H21Cl2N3O2/c1-2-25-18(24)12-4-3-7-23(10-12)11-13-9-21-22-17(13)15-6-5-14(19)8-16(15)20/h5-6,8-9,12H,2-4,7,10-11H2,1H3,(H,21,22). The molecule has 3 rings (SSSR count). The maximum absolute atomic E-state index is 12.0. The fourth-order valence-corrected chi connectivity index (χ4v) is 3.75. The second-order valence-electron chi connectivity index (χ2n) is 6.22. The molecule has 1 unspecified atom stereocenters. The number of benzene rings is 1. The summed E-state index contributed by atoms with van der Waals surface area (Å²) in [7, 11) is 0. The first kappa shape index (κ1) is 18.2. The Bertz CT molecular complexity index is 748. The number of likely N-dealkylation sites (tertiary alicyclic amines) is 1. The van der Waals surface area contributed by atoms with Crippen LogP contribution in [0.5, 0.6) is 0 Å². The molecule has 0 amide bonds. The van der Waals surface area contributed by atoms with Crippen molar-refractivity contribution in [1.29, 1.82) is 0 Å². The SMILES string of the molecule is CCOC(=O)C1CCCN(Cc2cn[nH]c2-c2ccc(Cl)cc2Cl)C1. The Hall–Kier alpha value is -1.56. The number of ether oxygens (including phenoxy) is 1. The first-order valence-electron chi connectivity index (χ1n) is 8.45. The molecule has 0 bridgehead atoms. The predicted octanol–water partition coefficient (Wildman–Crippen LogP) is 4.16. The van der Waals surface area contributed by atoms with Gasteiger partial charge in [0.2, 0.25) is 0 Å². The summed E-state index contributed by atoms with van der Waals surface area (Å²) in [4.78, 5) is 14.3. The summed E-state index contributed by atoms with van der Waals surface area (Å²) < 4.78 is 5.17. The first-order valence-corrected chi connectivity index (χ1v) is 9.20. The van der Waals surface area contributed by atoms with Crippen molar-refractivity contribution in [3.8, 4) is 11.3 Å². The van der Waals surface area contributed by atoms with Gasteiger partial charge in [-0.3, -0.25) is 14.8 Å². The van der Waals surface area contributed by atoms with Crippen molar-refractivity contribution >= 4 is 29.2 Å². The average Bonchev–Trinajstić information content (AvgIpc) is 3.03. The van der Waals surface area contributed by atoms with Gasteiger partial charge >= 0.3 is 5.97 Å². The van der Waals surface area contributed by atoms with Crippen LogP contribution in [0.3, 0.4) is 0 Å². The molecule has 0 radical (unpaired) electrons. The molecule has 1 aromatic carbocycles. The monoisotopic (exact) mass is 381 g/mol. The lowest BCUT2D eigenvalue weighted by atomic mass is 9.97. The zero-order chi connectivity index (χ0) is 17.8. The van der Waals surface area contributed by atoms with Gasteiger partial charge in [-0.25, -0.2) is 0 Å². The van der Waals surface area contributed by atoms with Gasteiger partial charge in [-0.05, 0) is 44.5 Å². The average molecular weight is 382 g/mol. The van der Waals surface area contributed by atoms with Crippen LogP contribution in [0, 0.1) is 5.92 Å². The number of halogens is 2. The predicted molar refractivity (Wildman–Crippen MR) is 98.7 cm³/mol. The minimum absolute atomic E-state index is 0.0526. The summed E-state index contributed by atoms with van der Waals surface area (Å²) in [5, 5.41) is 8.39. The van der Waals surface area contributed by atoms with Gasteiger partial charge < -0.3 is 4.74 Å². The molecule has 1 aliphatic heterocycles. The summed E-state index contributed by atoms with van der Waals surface area (Å²) in [6, 6.07) is 5.42. The van der Waals surface area contributed by atoms with E-state index in [0.717, 1.165) is 36.2 Å². The zero-order valence-electron chi connectivity index (χ0n) is 14.1. The molecule has 1 aliphatic rings. The lowest BCUT2D eigenvalue weighted by molar-refractivity contribution is -0.150. The Morgan fingerprint density at radius 1 is 1.44 bits per heavy atom. The van der Waals surface area contributed by atoms with Gasteiger partial charge in [-0.2, -0.15) is 5.10 Å². The molecule has 1 saturated heterocycles. The number of carbonyl (C=O) groups excluding carboxylic acids is 1. The van der Waals surface area contributed by atoms with Crippen LogP contribution in [0.2, 0.25) is 10.0 Å². The van der Waals surface area contributed by atoms with Crippen LogP contribution in [0.15, 0.2) is 24.4 Å². The van der Waals surface area contributed by atoms with E-state index in [9.17, 15) is 4.79 Å². The topological polar surface area (TPSA) is 58.2 Å². The molecular formula is C18H21Cl2N3O2. The van der Waals surface area contributed by atoms with Gasteiger partial charge in [-0.1, -0.05) is 23.2 Å². The third-order valence-electron chi connectivity index (χ3n) is 4.44. The molecule has 2 heterocycles. The quantitative estimate of drug-likeness (QED) is 0.789. The summed E-state index contributed by atoms with van der Waals surface area (Å²) >= 11 is 12.3. The molecule has 1 N–H and O–H groups in total. The van der Waals surface area contributed by atoms with Crippen molar-refractivity contribution in [3.63, 3.8) is 0 Å². The third kappa shape index (κ3) is 4.35. The molecular weight excluding hydrogens is 361 g/mol. The van der Waals surface area contributed by atoms with E-state index in [4.69, 9.17) is 27.9 Å². The second-order valence-corrected chi connectivity index (χ2v) is 7.06. The number of nitrogens with one attached hydrogen (secondary N) is 1. The van der Waals surface area contributed by atoms with Gasteiger partial charge in [0.15, 0.2) is 0 Å². The molecule has 1 atom stereocenters. The van der Waals surface area contributed by atoms with Crippen molar-refractivity contribution in [1.82, 2.24) is 15.1 Å². The maximum atomic E-state index is 12.0. The molecule has 134 valence electrons. The van der Waals surface area contributed by atoms with Crippen LogP contribution in [0.25, 0.3) is 11.3 Å². The lowest BCUT2D eigenvalue weighted by Gasteiger charge is -2.31. The molecule has 5 nitrogen and oxygen atoms in total. The highest BCUT2D eigenvalue weighted by Gasteiger charge is 2.27. The van der Waals surface area contributed by atoms with E-state index in [-0.39, 0.29) is 11.9 Å². The Morgan fingerprint density at radius 3 is 3.04 bits per heavy atom. The van der Waals surface area contributed by atoms with Crippen LogP contribution >= 0.6 is 23.2 Å². The number of hydrogen-bond donors (Lipinski definition) is 1. The van der Waals surface area contributed by atoms with Crippen molar-refractivity contribution in [2.24, 2.45) is 5.92 Å².